The van der Waals surface area contributed by atoms with Crippen LogP contribution in [0.4, 0.5) is 0 Å². The molecule has 0 spiro atoms. The summed E-state index contributed by atoms with van der Waals surface area (Å²) in [6.07, 6.45) is 3.38. The van der Waals surface area contributed by atoms with Crippen molar-refractivity contribution >= 4 is 29.9 Å². The minimum atomic E-state index is 0. The lowest BCUT2D eigenvalue weighted by atomic mass is 9.91. The molecule has 148 valence electrons. The molecule has 0 bridgehead atoms. The van der Waals surface area contributed by atoms with Crippen LogP contribution in [0.1, 0.15) is 36.3 Å². The standard InChI is InChI=1S/C22H31N3O.HI/c1-23-22(24-16-10-5-11-17-26-2)25-18-21(19-12-6-3-7-13-19)20-14-8-4-9-15-20;/h3-4,6-9,12-15,21H,5,10-11,16-18H2,1-2H3,(H2,23,24,25);1H. The van der Waals surface area contributed by atoms with E-state index in [9.17, 15) is 0 Å². The molecule has 2 aromatic rings. The van der Waals surface area contributed by atoms with Crippen LogP contribution in [-0.2, 0) is 4.74 Å². The highest BCUT2D eigenvalue weighted by molar-refractivity contribution is 14.0. The lowest BCUT2D eigenvalue weighted by molar-refractivity contribution is 0.192. The van der Waals surface area contributed by atoms with Crippen molar-refractivity contribution in [3.8, 4) is 0 Å². The van der Waals surface area contributed by atoms with Crippen molar-refractivity contribution in [2.24, 2.45) is 4.99 Å². The fourth-order valence-electron chi connectivity index (χ4n) is 2.97. The lowest BCUT2D eigenvalue weighted by Gasteiger charge is -2.20. The number of hydrogen-bond acceptors (Lipinski definition) is 2. The highest BCUT2D eigenvalue weighted by Gasteiger charge is 2.14. The first-order valence-corrected chi connectivity index (χ1v) is 9.38. The summed E-state index contributed by atoms with van der Waals surface area (Å²) in [5.41, 5.74) is 2.61. The Labute approximate surface area is 180 Å². The van der Waals surface area contributed by atoms with Crippen LogP contribution in [0.3, 0.4) is 0 Å². The van der Waals surface area contributed by atoms with Crippen molar-refractivity contribution in [3.05, 3.63) is 71.8 Å². The molecule has 0 heterocycles. The molecular formula is C22H32IN3O. The van der Waals surface area contributed by atoms with E-state index >= 15 is 0 Å². The largest absolute Gasteiger partial charge is 0.385 e. The predicted molar refractivity (Wildman–Crippen MR) is 125 cm³/mol. The van der Waals surface area contributed by atoms with E-state index in [2.05, 4.69) is 76.3 Å². The van der Waals surface area contributed by atoms with E-state index < -0.39 is 0 Å². The van der Waals surface area contributed by atoms with Crippen molar-refractivity contribution in [2.45, 2.75) is 25.2 Å². The van der Waals surface area contributed by atoms with Gasteiger partial charge in [0.25, 0.3) is 0 Å². The first kappa shape index (κ1) is 23.4. The Bertz CT molecular complexity index is 595. The number of hydrogen-bond donors (Lipinski definition) is 2. The van der Waals surface area contributed by atoms with Gasteiger partial charge in [0.05, 0.1) is 0 Å². The second-order valence-electron chi connectivity index (χ2n) is 6.31. The first-order valence-electron chi connectivity index (χ1n) is 9.38. The van der Waals surface area contributed by atoms with E-state index in [0.29, 0.717) is 0 Å². The van der Waals surface area contributed by atoms with Gasteiger partial charge < -0.3 is 15.4 Å². The monoisotopic (exact) mass is 481 g/mol. The van der Waals surface area contributed by atoms with Crippen LogP contribution >= 0.6 is 24.0 Å². The number of methoxy groups -OCH3 is 1. The molecule has 0 radical (unpaired) electrons. The van der Waals surface area contributed by atoms with E-state index in [0.717, 1.165) is 44.9 Å². The Morgan fingerprint density at radius 2 is 1.48 bits per heavy atom. The van der Waals surface area contributed by atoms with E-state index in [-0.39, 0.29) is 29.9 Å². The van der Waals surface area contributed by atoms with Crippen LogP contribution in [0.15, 0.2) is 65.7 Å². The Balaban J connectivity index is 0.00000364. The molecule has 4 nitrogen and oxygen atoms in total. The van der Waals surface area contributed by atoms with E-state index in [1.165, 1.54) is 11.1 Å². The van der Waals surface area contributed by atoms with Crippen molar-refractivity contribution in [2.75, 3.05) is 33.9 Å². The highest BCUT2D eigenvalue weighted by atomic mass is 127. The number of aliphatic imine (C=N–C) groups is 1. The molecule has 0 aromatic heterocycles. The number of nitrogens with one attached hydrogen (secondary N) is 2. The van der Waals surface area contributed by atoms with Crippen molar-refractivity contribution in [1.29, 1.82) is 0 Å². The van der Waals surface area contributed by atoms with Crippen LogP contribution in [0.5, 0.6) is 0 Å². The minimum Gasteiger partial charge on any atom is -0.385 e. The van der Waals surface area contributed by atoms with Gasteiger partial charge in [-0.2, -0.15) is 0 Å². The molecule has 0 saturated heterocycles. The Morgan fingerprint density at radius 1 is 0.889 bits per heavy atom. The maximum Gasteiger partial charge on any atom is 0.191 e. The predicted octanol–water partition coefficient (Wildman–Crippen LogP) is 4.42. The summed E-state index contributed by atoms with van der Waals surface area (Å²) in [7, 11) is 3.57. The maximum atomic E-state index is 5.08. The Hall–Kier alpha value is -1.60. The SMILES string of the molecule is CN=C(NCCCCCOC)NCC(c1ccccc1)c1ccccc1.I. The molecule has 2 N–H and O–H groups in total. The van der Waals surface area contributed by atoms with E-state index in [4.69, 9.17) is 4.74 Å². The van der Waals surface area contributed by atoms with Gasteiger partial charge in [0.1, 0.15) is 0 Å². The molecular weight excluding hydrogens is 449 g/mol. The molecule has 0 aliphatic heterocycles. The summed E-state index contributed by atoms with van der Waals surface area (Å²) < 4.78 is 5.08. The lowest BCUT2D eigenvalue weighted by Crippen LogP contribution is -2.40. The van der Waals surface area contributed by atoms with Crippen LogP contribution in [0, 0.1) is 0 Å². The smallest absolute Gasteiger partial charge is 0.191 e. The molecule has 5 heteroatoms. The molecule has 0 aliphatic rings. The molecule has 0 amide bonds. The van der Waals surface area contributed by atoms with Gasteiger partial charge in [-0.15, -0.1) is 24.0 Å². The second-order valence-corrected chi connectivity index (χ2v) is 6.31. The molecule has 0 fully saturated rings. The number of rotatable bonds is 10. The van der Waals surface area contributed by atoms with Crippen LogP contribution < -0.4 is 10.6 Å². The summed E-state index contributed by atoms with van der Waals surface area (Å²) in [6, 6.07) is 21.2. The summed E-state index contributed by atoms with van der Waals surface area (Å²) in [5, 5.41) is 6.89. The molecule has 2 aromatic carbocycles. The zero-order chi connectivity index (χ0) is 18.5. The normalized spacial score (nSPS) is 11.1. The van der Waals surface area contributed by atoms with Crippen molar-refractivity contribution in [1.82, 2.24) is 10.6 Å². The average molecular weight is 481 g/mol. The van der Waals surface area contributed by atoms with Crippen LogP contribution in [-0.4, -0.2) is 39.8 Å². The number of halogens is 1. The molecule has 27 heavy (non-hydrogen) atoms. The Morgan fingerprint density at radius 3 is 2.00 bits per heavy atom. The minimum absolute atomic E-state index is 0. The van der Waals surface area contributed by atoms with Gasteiger partial charge >= 0.3 is 0 Å². The fourth-order valence-corrected chi connectivity index (χ4v) is 2.97. The third-order valence-electron chi connectivity index (χ3n) is 4.42. The van der Waals surface area contributed by atoms with Gasteiger partial charge in [0.15, 0.2) is 5.96 Å². The van der Waals surface area contributed by atoms with Gasteiger partial charge in [-0.25, -0.2) is 0 Å². The summed E-state index contributed by atoms with van der Waals surface area (Å²) in [4.78, 5) is 4.35. The maximum absolute atomic E-state index is 5.08. The summed E-state index contributed by atoms with van der Waals surface area (Å²) >= 11 is 0. The number of nitrogens with zero attached hydrogens (tertiary/aromatic N) is 1. The molecule has 0 atom stereocenters. The quantitative estimate of drug-likeness (QED) is 0.229. The molecule has 0 unspecified atom stereocenters. The van der Waals surface area contributed by atoms with Crippen LogP contribution in [0.25, 0.3) is 0 Å². The van der Waals surface area contributed by atoms with E-state index in [1.807, 2.05) is 7.05 Å². The third-order valence-corrected chi connectivity index (χ3v) is 4.42. The number of benzene rings is 2. The zero-order valence-corrected chi connectivity index (χ0v) is 18.7. The number of unbranched alkanes of at least 4 members (excludes halogenated alkanes) is 2. The fraction of sp³-hybridized carbons (Fsp3) is 0.409. The number of ether oxygens (including phenoxy) is 1. The zero-order valence-electron chi connectivity index (χ0n) is 16.4. The molecule has 0 aliphatic carbocycles. The van der Waals surface area contributed by atoms with Gasteiger partial charge in [-0.1, -0.05) is 60.7 Å². The second kappa shape index (κ2) is 14.5. The van der Waals surface area contributed by atoms with Gasteiger partial charge in [-0.3, -0.25) is 4.99 Å². The van der Waals surface area contributed by atoms with Gasteiger partial charge in [-0.05, 0) is 30.4 Å². The van der Waals surface area contributed by atoms with Crippen LogP contribution in [0.2, 0.25) is 0 Å². The molecule has 2 rings (SSSR count). The van der Waals surface area contributed by atoms with Gasteiger partial charge in [0, 0.05) is 39.8 Å². The third kappa shape index (κ3) is 8.75. The number of guanidine groups is 1. The van der Waals surface area contributed by atoms with Gasteiger partial charge in [0.2, 0.25) is 0 Å². The Kier molecular flexibility index (Phi) is 12.6. The summed E-state index contributed by atoms with van der Waals surface area (Å²) in [6.45, 7) is 2.56. The van der Waals surface area contributed by atoms with Crippen molar-refractivity contribution < 1.29 is 4.74 Å². The summed E-state index contributed by atoms with van der Waals surface area (Å²) in [5.74, 6) is 1.14. The molecule has 0 saturated carbocycles. The highest BCUT2D eigenvalue weighted by Crippen LogP contribution is 2.23. The van der Waals surface area contributed by atoms with E-state index in [1.54, 1.807) is 7.11 Å². The first-order chi connectivity index (χ1) is 12.8. The topological polar surface area (TPSA) is 45.7 Å². The van der Waals surface area contributed by atoms with Crippen molar-refractivity contribution in [3.63, 3.8) is 0 Å². The average Bonchev–Trinajstić information content (AvgIpc) is 2.70.